The molecule has 18 heavy (non-hydrogen) atoms. The minimum absolute atomic E-state index is 0.218. The highest BCUT2D eigenvalue weighted by atomic mass is 16.5. The molecule has 0 heterocycles. The molecular formula is C15H29NO2. The lowest BCUT2D eigenvalue weighted by molar-refractivity contribution is -0.00843. The third-order valence-corrected chi connectivity index (χ3v) is 2.68. The smallest absolute Gasteiger partial charge is 0.0897 e. The van der Waals surface area contributed by atoms with Gasteiger partial charge in [-0.3, -0.25) is 0 Å². The van der Waals surface area contributed by atoms with Crippen molar-refractivity contribution in [2.45, 2.75) is 58.7 Å². The summed E-state index contributed by atoms with van der Waals surface area (Å²) >= 11 is 0. The summed E-state index contributed by atoms with van der Waals surface area (Å²) in [5.74, 6) is 3.25. The monoisotopic (exact) mass is 255 g/mol. The molecule has 2 atom stereocenters. The van der Waals surface area contributed by atoms with Crippen LogP contribution in [0.2, 0.25) is 0 Å². The maximum atomic E-state index is 9.72. The SMILES string of the molecule is C#CCCCCNCC(O)COC(C)CC(C)C. The normalized spacial score (nSPS) is 14.4. The highest BCUT2D eigenvalue weighted by Crippen LogP contribution is 2.07. The molecule has 106 valence electrons. The van der Waals surface area contributed by atoms with E-state index in [0.29, 0.717) is 19.1 Å². The van der Waals surface area contributed by atoms with Crippen LogP contribution in [-0.2, 0) is 4.74 Å². The molecule has 0 amide bonds. The van der Waals surface area contributed by atoms with Crippen molar-refractivity contribution in [3.63, 3.8) is 0 Å². The molecular weight excluding hydrogens is 226 g/mol. The topological polar surface area (TPSA) is 41.5 Å². The van der Waals surface area contributed by atoms with E-state index in [1.807, 2.05) is 0 Å². The fraction of sp³-hybridized carbons (Fsp3) is 0.867. The van der Waals surface area contributed by atoms with Crippen LogP contribution in [0.1, 0.15) is 46.5 Å². The molecule has 0 aromatic heterocycles. The van der Waals surface area contributed by atoms with Crippen LogP contribution in [0.15, 0.2) is 0 Å². The van der Waals surface area contributed by atoms with Gasteiger partial charge in [-0.15, -0.1) is 12.3 Å². The Morgan fingerprint density at radius 3 is 2.61 bits per heavy atom. The van der Waals surface area contributed by atoms with E-state index in [-0.39, 0.29) is 6.10 Å². The van der Waals surface area contributed by atoms with Gasteiger partial charge in [0.1, 0.15) is 0 Å². The summed E-state index contributed by atoms with van der Waals surface area (Å²) in [6, 6.07) is 0. The fourth-order valence-corrected chi connectivity index (χ4v) is 1.81. The molecule has 2 unspecified atom stereocenters. The van der Waals surface area contributed by atoms with Crippen LogP contribution in [0.5, 0.6) is 0 Å². The highest BCUT2D eigenvalue weighted by molar-refractivity contribution is 4.82. The standard InChI is InChI=1S/C15H29NO2/c1-5-6-7-8-9-16-11-15(17)12-18-14(4)10-13(2)3/h1,13-17H,6-12H2,2-4H3. The van der Waals surface area contributed by atoms with E-state index in [1.165, 1.54) is 0 Å². The second-order valence-corrected chi connectivity index (χ2v) is 5.29. The number of rotatable bonds is 11. The molecule has 0 saturated heterocycles. The van der Waals surface area contributed by atoms with Gasteiger partial charge in [-0.2, -0.15) is 0 Å². The van der Waals surface area contributed by atoms with E-state index in [4.69, 9.17) is 11.2 Å². The molecule has 2 N–H and O–H groups in total. The van der Waals surface area contributed by atoms with Crippen molar-refractivity contribution in [2.75, 3.05) is 19.7 Å². The zero-order valence-electron chi connectivity index (χ0n) is 12.1. The van der Waals surface area contributed by atoms with Gasteiger partial charge in [-0.05, 0) is 38.6 Å². The number of hydrogen-bond acceptors (Lipinski definition) is 3. The van der Waals surface area contributed by atoms with Crippen LogP contribution in [0.4, 0.5) is 0 Å². The number of unbranched alkanes of at least 4 members (excludes halogenated alkanes) is 2. The predicted molar refractivity (Wildman–Crippen MR) is 76.4 cm³/mol. The molecule has 0 fully saturated rings. The molecule has 0 aliphatic rings. The Hall–Kier alpha value is -0.560. The molecule has 3 nitrogen and oxygen atoms in total. The maximum absolute atomic E-state index is 9.72. The van der Waals surface area contributed by atoms with E-state index in [9.17, 15) is 5.11 Å². The van der Waals surface area contributed by atoms with Crippen molar-refractivity contribution >= 4 is 0 Å². The van der Waals surface area contributed by atoms with Gasteiger partial charge in [-0.25, -0.2) is 0 Å². The first-order valence-corrected chi connectivity index (χ1v) is 7.00. The minimum Gasteiger partial charge on any atom is -0.389 e. The summed E-state index contributed by atoms with van der Waals surface area (Å²) in [4.78, 5) is 0. The first-order valence-electron chi connectivity index (χ1n) is 7.00. The summed E-state index contributed by atoms with van der Waals surface area (Å²) in [5.41, 5.74) is 0. The Morgan fingerprint density at radius 2 is 2.00 bits per heavy atom. The van der Waals surface area contributed by atoms with Crippen LogP contribution < -0.4 is 5.32 Å². The van der Waals surface area contributed by atoms with Gasteiger partial charge in [0, 0.05) is 13.0 Å². The zero-order valence-corrected chi connectivity index (χ0v) is 12.1. The summed E-state index contributed by atoms with van der Waals surface area (Å²) in [6.07, 6.45) is 8.93. The third kappa shape index (κ3) is 11.9. The molecule has 0 spiro atoms. The van der Waals surface area contributed by atoms with Gasteiger partial charge in [0.15, 0.2) is 0 Å². The first-order chi connectivity index (χ1) is 8.56. The van der Waals surface area contributed by atoms with Gasteiger partial charge in [0.25, 0.3) is 0 Å². The first kappa shape index (κ1) is 17.4. The van der Waals surface area contributed by atoms with Crippen molar-refractivity contribution in [3.05, 3.63) is 0 Å². The van der Waals surface area contributed by atoms with Gasteiger partial charge >= 0.3 is 0 Å². The predicted octanol–water partition coefficient (Wildman–Crippen LogP) is 2.19. The second kappa shape index (κ2) is 11.5. The van der Waals surface area contributed by atoms with Crippen molar-refractivity contribution in [1.82, 2.24) is 5.32 Å². The number of hydrogen-bond donors (Lipinski definition) is 2. The van der Waals surface area contributed by atoms with Gasteiger partial charge in [-0.1, -0.05) is 13.8 Å². The average Bonchev–Trinajstić information content (AvgIpc) is 2.30. The summed E-state index contributed by atoms with van der Waals surface area (Å²) < 4.78 is 5.59. The average molecular weight is 255 g/mol. The fourth-order valence-electron chi connectivity index (χ4n) is 1.81. The number of nitrogens with one attached hydrogen (secondary N) is 1. The second-order valence-electron chi connectivity index (χ2n) is 5.29. The lowest BCUT2D eigenvalue weighted by Gasteiger charge is -2.18. The Labute approximate surface area is 112 Å². The van der Waals surface area contributed by atoms with Gasteiger partial charge in [0.2, 0.25) is 0 Å². The van der Waals surface area contributed by atoms with Crippen LogP contribution in [0.25, 0.3) is 0 Å². The van der Waals surface area contributed by atoms with Crippen LogP contribution in [0, 0.1) is 18.3 Å². The largest absolute Gasteiger partial charge is 0.389 e. The summed E-state index contributed by atoms with van der Waals surface area (Å²) in [7, 11) is 0. The van der Waals surface area contributed by atoms with Crippen molar-refractivity contribution in [1.29, 1.82) is 0 Å². The molecule has 0 bridgehead atoms. The Bertz CT molecular complexity index is 223. The van der Waals surface area contributed by atoms with E-state index in [2.05, 4.69) is 32.0 Å². The van der Waals surface area contributed by atoms with Gasteiger partial charge < -0.3 is 15.2 Å². The molecule has 0 aliphatic heterocycles. The van der Waals surface area contributed by atoms with Crippen molar-refractivity contribution in [3.8, 4) is 12.3 Å². The van der Waals surface area contributed by atoms with Crippen LogP contribution in [-0.4, -0.2) is 37.0 Å². The van der Waals surface area contributed by atoms with E-state index in [1.54, 1.807) is 0 Å². The molecule has 0 aromatic carbocycles. The summed E-state index contributed by atoms with van der Waals surface area (Å²) in [5, 5.41) is 12.9. The number of ether oxygens (including phenoxy) is 1. The molecule has 0 radical (unpaired) electrons. The van der Waals surface area contributed by atoms with Crippen LogP contribution in [0.3, 0.4) is 0 Å². The molecule has 0 aromatic rings. The molecule has 0 saturated carbocycles. The third-order valence-electron chi connectivity index (χ3n) is 2.68. The molecule has 0 rings (SSSR count). The molecule has 3 heteroatoms. The lowest BCUT2D eigenvalue weighted by atomic mass is 10.1. The number of aliphatic hydroxyl groups is 1. The van der Waals surface area contributed by atoms with E-state index < -0.39 is 6.10 Å². The Kier molecular flexibility index (Phi) is 11.2. The zero-order chi connectivity index (χ0) is 13.8. The number of aliphatic hydroxyl groups excluding tert-OH is 1. The highest BCUT2D eigenvalue weighted by Gasteiger charge is 2.09. The van der Waals surface area contributed by atoms with Crippen LogP contribution >= 0.6 is 0 Å². The number of terminal acetylenes is 1. The molecule has 0 aliphatic carbocycles. The van der Waals surface area contributed by atoms with Crippen molar-refractivity contribution in [2.24, 2.45) is 5.92 Å². The van der Waals surface area contributed by atoms with Gasteiger partial charge in [0.05, 0.1) is 18.8 Å². The Morgan fingerprint density at radius 1 is 1.28 bits per heavy atom. The minimum atomic E-state index is -0.424. The van der Waals surface area contributed by atoms with E-state index >= 15 is 0 Å². The summed E-state index contributed by atoms with van der Waals surface area (Å²) in [6.45, 7) is 8.30. The van der Waals surface area contributed by atoms with E-state index in [0.717, 1.165) is 32.2 Å². The lowest BCUT2D eigenvalue weighted by Crippen LogP contribution is -2.32. The Balaban J connectivity index is 3.37. The van der Waals surface area contributed by atoms with Crippen molar-refractivity contribution < 1.29 is 9.84 Å². The maximum Gasteiger partial charge on any atom is 0.0897 e. The quantitative estimate of drug-likeness (QED) is 0.439.